The summed E-state index contributed by atoms with van der Waals surface area (Å²) >= 11 is 1.54. The van der Waals surface area contributed by atoms with Gasteiger partial charge in [0.25, 0.3) is 5.91 Å². The van der Waals surface area contributed by atoms with Crippen molar-refractivity contribution in [1.29, 1.82) is 0 Å². The molecule has 1 aromatic carbocycles. The predicted molar refractivity (Wildman–Crippen MR) is 86.6 cm³/mol. The number of anilines is 1. The number of amides is 1. The zero-order valence-corrected chi connectivity index (χ0v) is 12.8. The lowest BCUT2D eigenvalue weighted by atomic mass is 10.1. The van der Waals surface area contributed by atoms with E-state index in [2.05, 4.69) is 10.5 Å². The van der Waals surface area contributed by atoms with Crippen LogP contribution in [0.2, 0.25) is 0 Å². The number of carbonyl (C=O) groups is 1. The van der Waals surface area contributed by atoms with Gasteiger partial charge in [-0.1, -0.05) is 35.5 Å². The number of nitrogens with two attached hydrogens (primary N) is 1. The number of rotatable bonds is 4. The average Bonchev–Trinajstić information content (AvgIpc) is 3.12. The third-order valence-corrected chi connectivity index (χ3v) is 4.22. The number of hydrogen-bond donors (Lipinski definition) is 2. The van der Waals surface area contributed by atoms with Crippen LogP contribution in [-0.2, 0) is 6.54 Å². The summed E-state index contributed by atoms with van der Waals surface area (Å²) in [5.74, 6) is -0.254. The maximum absolute atomic E-state index is 12.4. The zero-order valence-electron chi connectivity index (χ0n) is 12.0. The standard InChI is InChI=1S/C16H15N3O2S/c1-10-7-8-12(22-10)14-13(15(17)21-19-14)16(20)18-9-11-5-3-2-4-6-11/h2-8H,9,17H2,1H3,(H,18,20). The fourth-order valence-corrected chi connectivity index (χ4v) is 2.97. The smallest absolute Gasteiger partial charge is 0.259 e. The molecular weight excluding hydrogens is 298 g/mol. The van der Waals surface area contributed by atoms with Crippen LogP contribution in [0.1, 0.15) is 20.8 Å². The van der Waals surface area contributed by atoms with Crippen molar-refractivity contribution in [3.8, 4) is 10.6 Å². The minimum atomic E-state index is -0.288. The van der Waals surface area contributed by atoms with E-state index >= 15 is 0 Å². The molecule has 0 atom stereocenters. The van der Waals surface area contributed by atoms with Crippen LogP contribution in [0.25, 0.3) is 10.6 Å². The van der Waals surface area contributed by atoms with Gasteiger partial charge in [0.2, 0.25) is 5.88 Å². The maximum Gasteiger partial charge on any atom is 0.259 e. The average molecular weight is 313 g/mol. The Morgan fingerprint density at radius 2 is 2.05 bits per heavy atom. The molecule has 0 saturated carbocycles. The van der Waals surface area contributed by atoms with Crippen LogP contribution in [0.4, 0.5) is 5.88 Å². The van der Waals surface area contributed by atoms with E-state index < -0.39 is 0 Å². The fourth-order valence-electron chi connectivity index (χ4n) is 2.12. The van der Waals surface area contributed by atoms with E-state index in [4.69, 9.17) is 10.3 Å². The van der Waals surface area contributed by atoms with Gasteiger partial charge in [0.05, 0.1) is 4.88 Å². The lowest BCUT2D eigenvalue weighted by molar-refractivity contribution is 0.0952. The molecule has 3 rings (SSSR count). The van der Waals surface area contributed by atoms with Crippen LogP contribution in [0.5, 0.6) is 0 Å². The Bertz CT molecular complexity index is 793. The van der Waals surface area contributed by atoms with E-state index in [1.54, 1.807) is 11.3 Å². The van der Waals surface area contributed by atoms with Crippen molar-refractivity contribution in [2.45, 2.75) is 13.5 Å². The van der Waals surface area contributed by atoms with E-state index in [9.17, 15) is 4.79 Å². The topological polar surface area (TPSA) is 81.2 Å². The zero-order chi connectivity index (χ0) is 15.5. The van der Waals surface area contributed by atoms with Crippen LogP contribution in [-0.4, -0.2) is 11.1 Å². The largest absolute Gasteiger partial charge is 0.367 e. The van der Waals surface area contributed by atoms with Crippen LogP contribution in [0.15, 0.2) is 47.0 Å². The lowest BCUT2D eigenvalue weighted by Crippen LogP contribution is -2.23. The van der Waals surface area contributed by atoms with Gasteiger partial charge >= 0.3 is 0 Å². The van der Waals surface area contributed by atoms with Gasteiger partial charge in [0.15, 0.2) is 0 Å². The maximum atomic E-state index is 12.4. The second-order valence-electron chi connectivity index (χ2n) is 4.85. The highest BCUT2D eigenvalue weighted by Crippen LogP contribution is 2.32. The Balaban J connectivity index is 1.82. The number of carbonyl (C=O) groups excluding carboxylic acids is 1. The molecule has 0 fully saturated rings. The number of nitrogen functional groups attached to an aromatic ring is 1. The summed E-state index contributed by atoms with van der Waals surface area (Å²) in [5.41, 5.74) is 7.56. The highest BCUT2D eigenvalue weighted by molar-refractivity contribution is 7.15. The molecule has 3 N–H and O–H groups in total. The Morgan fingerprint density at radius 1 is 1.27 bits per heavy atom. The number of aryl methyl sites for hydroxylation is 1. The van der Waals surface area contributed by atoms with Crippen molar-refractivity contribution in [3.05, 3.63) is 58.5 Å². The molecule has 22 heavy (non-hydrogen) atoms. The first-order valence-electron chi connectivity index (χ1n) is 6.79. The Labute approximate surface area is 131 Å². The van der Waals surface area contributed by atoms with Gasteiger partial charge in [-0.15, -0.1) is 11.3 Å². The fraction of sp³-hybridized carbons (Fsp3) is 0.125. The third kappa shape index (κ3) is 2.87. The summed E-state index contributed by atoms with van der Waals surface area (Å²) < 4.78 is 5.01. The summed E-state index contributed by atoms with van der Waals surface area (Å²) in [6.07, 6.45) is 0. The van der Waals surface area contributed by atoms with Crippen LogP contribution < -0.4 is 11.1 Å². The minimum Gasteiger partial charge on any atom is -0.367 e. The highest BCUT2D eigenvalue weighted by Gasteiger charge is 2.23. The van der Waals surface area contributed by atoms with E-state index in [0.29, 0.717) is 12.2 Å². The van der Waals surface area contributed by atoms with Crippen molar-refractivity contribution in [2.24, 2.45) is 0 Å². The molecule has 0 aliphatic heterocycles. The number of aromatic nitrogens is 1. The van der Waals surface area contributed by atoms with E-state index in [1.165, 1.54) is 0 Å². The number of benzene rings is 1. The van der Waals surface area contributed by atoms with Crippen molar-refractivity contribution in [1.82, 2.24) is 10.5 Å². The minimum absolute atomic E-state index is 0.0339. The molecule has 2 aromatic heterocycles. The Kier molecular flexibility index (Phi) is 3.93. The molecule has 6 heteroatoms. The molecule has 5 nitrogen and oxygen atoms in total. The lowest BCUT2D eigenvalue weighted by Gasteiger charge is -2.05. The van der Waals surface area contributed by atoms with Crippen molar-refractivity contribution in [2.75, 3.05) is 5.73 Å². The normalized spacial score (nSPS) is 10.6. The summed E-state index contributed by atoms with van der Waals surface area (Å²) in [4.78, 5) is 14.4. The molecule has 0 saturated heterocycles. The summed E-state index contributed by atoms with van der Waals surface area (Å²) in [6.45, 7) is 2.42. The highest BCUT2D eigenvalue weighted by atomic mass is 32.1. The molecule has 112 valence electrons. The molecule has 0 spiro atoms. The first kappa shape index (κ1) is 14.3. The van der Waals surface area contributed by atoms with Gasteiger partial charge in [-0.2, -0.15) is 0 Å². The molecule has 3 aromatic rings. The molecular formula is C16H15N3O2S. The van der Waals surface area contributed by atoms with E-state index in [1.807, 2.05) is 49.4 Å². The first-order chi connectivity index (χ1) is 10.6. The van der Waals surface area contributed by atoms with Gasteiger partial charge in [0.1, 0.15) is 11.3 Å². The summed E-state index contributed by atoms with van der Waals surface area (Å²) in [5, 5.41) is 6.77. The molecule has 0 aliphatic carbocycles. The molecule has 0 aliphatic rings. The molecule has 0 radical (unpaired) electrons. The number of hydrogen-bond acceptors (Lipinski definition) is 5. The number of nitrogens with one attached hydrogen (secondary N) is 1. The third-order valence-electron chi connectivity index (χ3n) is 3.22. The van der Waals surface area contributed by atoms with Crippen LogP contribution in [0.3, 0.4) is 0 Å². The number of nitrogens with zero attached hydrogens (tertiary/aromatic N) is 1. The van der Waals surface area contributed by atoms with Gasteiger partial charge in [-0.05, 0) is 24.6 Å². The SMILES string of the molecule is Cc1ccc(-c2noc(N)c2C(=O)NCc2ccccc2)s1. The summed E-state index contributed by atoms with van der Waals surface area (Å²) in [7, 11) is 0. The Hall–Kier alpha value is -2.60. The predicted octanol–water partition coefficient (Wildman–Crippen LogP) is 3.22. The van der Waals surface area contributed by atoms with E-state index in [-0.39, 0.29) is 17.4 Å². The molecule has 0 unspecified atom stereocenters. The van der Waals surface area contributed by atoms with Crippen LogP contribution in [0, 0.1) is 6.92 Å². The molecule has 1 amide bonds. The van der Waals surface area contributed by atoms with Crippen molar-refractivity contribution in [3.63, 3.8) is 0 Å². The summed E-state index contributed by atoms with van der Waals surface area (Å²) in [6, 6.07) is 13.5. The quantitative estimate of drug-likeness (QED) is 0.775. The van der Waals surface area contributed by atoms with Gasteiger partial charge < -0.3 is 15.6 Å². The second kappa shape index (κ2) is 6.03. The van der Waals surface area contributed by atoms with Crippen molar-refractivity contribution < 1.29 is 9.32 Å². The molecule has 0 bridgehead atoms. The molecule has 2 heterocycles. The monoisotopic (exact) mass is 313 g/mol. The van der Waals surface area contributed by atoms with Crippen molar-refractivity contribution >= 4 is 23.1 Å². The van der Waals surface area contributed by atoms with Gasteiger partial charge in [-0.25, -0.2) is 0 Å². The van der Waals surface area contributed by atoms with Gasteiger partial charge in [0, 0.05) is 11.4 Å². The Morgan fingerprint density at radius 3 is 2.73 bits per heavy atom. The van der Waals surface area contributed by atoms with Crippen LogP contribution >= 0.6 is 11.3 Å². The first-order valence-corrected chi connectivity index (χ1v) is 7.61. The number of thiophene rings is 1. The van der Waals surface area contributed by atoms with Gasteiger partial charge in [-0.3, -0.25) is 4.79 Å². The second-order valence-corrected chi connectivity index (χ2v) is 6.14. The van der Waals surface area contributed by atoms with E-state index in [0.717, 1.165) is 15.3 Å².